The van der Waals surface area contributed by atoms with Gasteiger partial charge in [0.05, 0.1) is 5.41 Å². The summed E-state index contributed by atoms with van der Waals surface area (Å²) in [5.74, 6) is 0. The number of hydrogen-bond donors (Lipinski definition) is 0. The van der Waals surface area contributed by atoms with Crippen LogP contribution in [0.3, 0.4) is 0 Å². The molecule has 0 unspecified atom stereocenters. The van der Waals surface area contributed by atoms with Crippen LogP contribution < -0.4 is 4.90 Å². The van der Waals surface area contributed by atoms with Crippen molar-refractivity contribution in [2.75, 3.05) is 4.90 Å². The van der Waals surface area contributed by atoms with Gasteiger partial charge in [0.2, 0.25) is 0 Å². The lowest BCUT2D eigenvalue weighted by Crippen LogP contribution is -2.27. The summed E-state index contributed by atoms with van der Waals surface area (Å²) in [4.78, 5) is 2.46. The van der Waals surface area contributed by atoms with Gasteiger partial charge in [0.15, 0.2) is 0 Å². The monoisotopic (exact) mass is 903 g/mol. The average Bonchev–Trinajstić information content (AvgIpc) is 4.00. The molecule has 1 spiro atoms. The molecule has 0 radical (unpaired) electrons. The fourth-order valence-corrected chi connectivity index (χ4v) is 12.6. The van der Waals surface area contributed by atoms with E-state index >= 15 is 0 Å². The van der Waals surface area contributed by atoms with Crippen LogP contribution in [0.25, 0.3) is 77.9 Å². The summed E-state index contributed by atoms with van der Waals surface area (Å²) in [5, 5.41) is 0. The van der Waals surface area contributed by atoms with Crippen molar-refractivity contribution in [1.29, 1.82) is 0 Å². The fraction of sp³-hybridized carbons (Fsp3) is 0.0571. The van der Waals surface area contributed by atoms with Crippen LogP contribution >= 0.6 is 0 Å². The van der Waals surface area contributed by atoms with Crippen LogP contribution in [0.15, 0.2) is 261 Å². The second kappa shape index (κ2) is 15.9. The lowest BCUT2D eigenvalue weighted by Gasteiger charge is -2.33. The maximum Gasteiger partial charge on any atom is 0.0726 e. The standard InChI is InChI=1S/C70H49N/c1-69(2)60-27-15-14-26-58(60)67-64(69)45-65-68(66(67)52-22-10-5-11-23-52)59-43-42-55(44-63(59)70(65)61-28-16-12-24-56(61)57-25-13-17-29-62(57)70)71(53-38-34-50(35-39-53)47-20-8-4-9-21-47)54-40-36-51(37-41-54)49-32-30-48(31-33-49)46-18-6-3-7-19-46/h3-45H,1-2H3. The van der Waals surface area contributed by atoms with Crippen LogP contribution in [0.4, 0.5) is 17.1 Å². The molecule has 0 saturated heterocycles. The van der Waals surface area contributed by atoms with Gasteiger partial charge in [-0.05, 0) is 148 Å². The van der Waals surface area contributed by atoms with Crippen molar-refractivity contribution in [2.24, 2.45) is 0 Å². The minimum atomic E-state index is -0.574. The molecule has 11 aromatic carbocycles. The Balaban J connectivity index is 1.01. The molecule has 0 fully saturated rings. The largest absolute Gasteiger partial charge is 0.310 e. The van der Waals surface area contributed by atoms with Gasteiger partial charge in [-0.25, -0.2) is 0 Å². The Kier molecular flexibility index (Phi) is 9.22. The molecule has 0 amide bonds. The minimum Gasteiger partial charge on any atom is -0.310 e. The van der Waals surface area contributed by atoms with E-state index in [1.165, 1.54) is 111 Å². The molecule has 0 N–H and O–H groups in total. The van der Waals surface area contributed by atoms with Gasteiger partial charge in [0.25, 0.3) is 0 Å². The topological polar surface area (TPSA) is 3.24 Å². The maximum atomic E-state index is 2.63. The van der Waals surface area contributed by atoms with Crippen molar-refractivity contribution in [3.8, 4) is 77.9 Å². The van der Waals surface area contributed by atoms with Crippen molar-refractivity contribution >= 4 is 17.1 Å². The molecule has 0 aromatic heterocycles. The van der Waals surface area contributed by atoms with Crippen molar-refractivity contribution < 1.29 is 0 Å². The van der Waals surface area contributed by atoms with E-state index in [1.807, 2.05) is 0 Å². The number of nitrogens with zero attached hydrogens (tertiary/aromatic N) is 1. The molecule has 334 valence electrons. The third kappa shape index (κ3) is 6.13. The van der Waals surface area contributed by atoms with E-state index in [0.29, 0.717) is 0 Å². The van der Waals surface area contributed by atoms with Crippen molar-refractivity contribution in [3.05, 3.63) is 294 Å². The number of rotatable bonds is 7. The van der Waals surface area contributed by atoms with Crippen LogP contribution in [0.2, 0.25) is 0 Å². The molecular weight excluding hydrogens is 855 g/mol. The van der Waals surface area contributed by atoms with Crippen molar-refractivity contribution in [1.82, 2.24) is 0 Å². The highest BCUT2D eigenvalue weighted by atomic mass is 15.1. The molecule has 0 bridgehead atoms. The van der Waals surface area contributed by atoms with Crippen LogP contribution in [0, 0.1) is 0 Å². The SMILES string of the molecule is CC1(C)c2ccccc2-c2c1cc1c(c2-c2ccccc2)-c2ccc(N(c3ccc(-c4ccccc4)cc3)c3ccc(-c4ccc(-c5ccccc5)cc4)cc3)cc2C12c1ccccc1-c1ccccc12. The van der Waals surface area contributed by atoms with Gasteiger partial charge in [0.1, 0.15) is 0 Å². The minimum absolute atomic E-state index is 0.206. The van der Waals surface area contributed by atoms with Crippen LogP contribution in [-0.4, -0.2) is 0 Å². The highest BCUT2D eigenvalue weighted by molar-refractivity contribution is 6.07. The fourth-order valence-electron chi connectivity index (χ4n) is 12.6. The van der Waals surface area contributed by atoms with Crippen LogP contribution in [-0.2, 0) is 10.8 Å². The molecule has 0 saturated carbocycles. The molecule has 1 heteroatoms. The zero-order chi connectivity index (χ0) is 47.3. The molecule has 1 nitrogen and oxygen atoms in total. The molecular formula is C70H49N. The van der Waals surface area contributed by atoms with Crippen molar-refractivity contribution in [3.63, 3.8) is 0 Å². The van der Waals surface area contributed by atoms with Gasteiger partial charge >= 0.3 is 0 Å². The van der Waals surface area contributed by atoms with E-state index in [1.54, 1.807) is 0 Å². The Morgan fingerprint density at radius 3 is 1.11 bits per heavy atom. The second-order valence-electron chi connectivity index (χ2n) is 19.9. The zero-order valence-corrected chi connectivity index (χ0v) is 39.8. The number of anilines is 3. The first-order valence-corrected chi connectivity index (χ1v) is 24.9. The van der Waals surface area contributed by atoms with E-state index in [-0.39, 0.29) is 5.41 Å². The van der Waals surface area contributed by atoms with E-state index < -0.39 is 5.41 Å². The number of hydrogen-bond acceptors (Lipinski definition) is 1. The molecule has 14 rings (SSSR count). The third-order valence-electron chi connectivity index (χ3n) is 15.9. The summed E-state index contributed by atoms with van der Waals surface area (Å²) in [6.45, 7) is 4.85. The van der Waals surface area contributed by atoms with Gasteiger partial charge in [-0.3, -0.25) is 0 Å². The second-order valence-corrected chi connectivity index (χ2v) is 19.9. The Hall–Kier alpha value is -8.78. The van der Waals surface area contributed by atoms with Gasteiger partial charge in [-0.2, -0.15) is 0 Å². The summed E-state index contributed by atoms with van der Waals surface area (Å²) in [7, 11) is 0. The predicted octanol–water partition coefficient (Wildman–Crippen LogP) is 18.5. The molecule has 0 atom stereocenters. The number of benzene rings is 11. The molecule has 3 aliphatic rings. The molecule has 0 heterocycles. The zero-order valence-electron chi connectivity index (χ0n) is 39.8. The van der Waals surface area contributed by atoms with Gasteiger partial charge in [-0.15, -0.1) is 0 Å². The summed E-state index contributed by atoms with van der Waals surface area (Å²) in [6.07, 6.45) is 0. The highest BCUT2D eigenvalue weighted by Crippen LogP contribution is 2.67. The Labute approximate surface area is 416 Å². The van der Waals surface area contributed by atoms with Gasteiger partial charge < -0.3 is 4.90 Å². The summed E-state index contributed by atoms with van der Waals surface area (Å²) >= 11 is 0. The Bertz CT molecular complexity index is 3800. The molecule has 0 aliphatic heterocycles. The first-order valence-electron chi connectivity index (χ1n) is 24.9. The predicted molar refractivity (Wildman–Crippen MR) is 297 cm³/mol. The third-order valence-corrected chi connectivity index (χ3v) is 15.9. The van der Waals surface area contributed by atoms with E-state index in [0.717, 1.165) is 17.1 Å². The number of fused-ring (bicyclic) bond motifs is 13. The van der Waals surface area contributed by atoms with Gasteiger partial charge in [0, 0.05) is 22.5 Å². The smallest absolute Gasteiger partial charge is 0.0726 e. The van der Waals surface area contributed by atoms with E-state index in [2.05, 4.69) is 280 Å². The molecule has 11 aromatic rings. The highest BCUT2D eigenvalue weighted by Gasteiger charge is 2.54. The molecule has 71 heavy (non-hydrogen) atoms. The quantitative estimate of drug-likeness (QED) is 0.154. The van der Waals surface area contributed by atoms with E-state index in [4.69, 9.17) is 0 Å². The van der Waals surface area contributed by atoms with E-state index in [9.17, 15) is 0 Å². The molecule has 3 aliphatic carbocycles. The lowest BCUT2D eigenvalue weighted by molar-refractivity contribution is 0.657. The first kappa shape index (κ1) is 41.2. The van der Waals surface area contributed by atoms with Crippen LogP contribution in [0.1, 0.15) is 47.2 Å². The Morgan fingerprint density at radius 1 is 0.239 bits per heavy atom. The van der Waals surface area contributed by atoms with Crippen molar-refractivity contribution in [2.45, 2.75) is 24.7 Å². The average molecular weight is 904 g/mol. The van der Waals surface area contributed by atoms with Gasteiger partial charge in [-0.1, -0.05) is 238 Å². The van der Waals surface area contributed by atoms with Crippen LogP contribution in [0.5, 0.6) is 0 Å². The lowest BCUT2D eigenvalue weighted by atomic mass is 9.69. The maximum absolute atomic E-state index is 2.63. The summed E-state index contributed by atoms with van der Waals surface area (Å²) in [5.41, 5.74) is 28.4. The summed E-state index contributed by atoms with van der Waals surface area (Å²) in [6, 6.07) is 97.2. The normalized spacial score (nSPS) is 13.7. The first-order chi connectivity index (χ1) is 35.0. The summed E-state index contributed by atoms with van der Waals surface area (Å²) < 4.78 is 0. The Morgan fingerprint density at radius 2 is 0.606 bits per heavy atom.